The highest BCUT2D eigenvalue weighted by Crippen LogP contribution is 2.19. The first-order chi connectivity index (χ1) is 5.33. The van der Waals surface area contributed by atoms with Crippen LogP contribution < -0.4 is 11.1 Å². The molecule has 1 heterocycles. The molecule has 4 heteroatoms. The quantitative estimate of drug-likeness (QED) is 0.681. The minimum atomic E-state index is 0.768. The molecule has 0 aliphatic carbocycles. The van der Waals surface area contributed by atoms with Crippen molar-refractivity contribution >= 4 is 21.5 Å². The molecule has 1 rings (SSSR count). The Balaban J connectivity index is 2.27. The van der Waals surface area contributed by atoms with Gasteiger partial charge in [0.25, 0.3) is 0 Å². The van der Waals surface area contributed by atoms with E-state index in [0.29, 0.717) is 0 Å². The van der Waals surface area contributed by atoms with Crippen LogP contribution >= 0.6 is 11.3 Å². The Bertz CT molecular complexity index is 209. The van der Waals surface area contributed by atoms with Gasteiger partial charge in [-0.1, -0.05) is 24.7 Å². The maximum Gasteiger partial charge on any atom is 0.184 e. The summed E-state index contributed by atoms with van der Waals surface area (Å²) in [4.78, 5) is 4.07. The molecule has 1 aromatic rings. The van der Waals surface area contributed by atoms with Crippen molar-refractivity contribution in [3.05, 3.63) is 6.20 Å². The van der Waals surface area contributed by atoms with Gasteiger partial charge in [0.15, 0.2) is 5.13 Å². The standard InChI is InChI=1S/C7H13N3S/c1-2-3-4-9-7-10-5-6(8)11-7/h5H,2-4,8H2,1H3,(H,9,10). The Hall–Kier alpha value is -0.770. The van der Waals surface area contributed by atoms with Gasteiger partial charge in [0.05, 0.1) is 6.20 Å². The number of thiazole rings is 1. The fraction of sp³-hybridized carbons (Fsp3) is 0.571. The van der Waals surface area contributed by atoms with Gasteiger partial charge < -0.3 is 11.1 Å². The zero-order chi connectivity index (χ0) is 8.10. The molecule has 0 radical (unpaired) electrons. The summed E-state index contributed by atoms with van der Waals surface area (Å²) in [6.07, 6.45) is 4.06. The Morgan fingerprint density at radius 2 is 2.55 bits per heavy atom. The number of nitrogens with one attached hydrogen (secondary N) is 1. The van der Waals surface area contributed by atoms with Gasteiger partial charge in [-0.25, -0.2) is 4.98 Å². The molecule has 0 bridgehead atoms. The molecule has 0 saturated carbocycles. The van der Waals surface area contributed by atoms with Crippen molar-refractivity contribution in [3.8, 4) is 0 Å². The summed E-state index contributed by atoms with van der Waals surface area (Å²) in [7, 11) is 0. The van der Waals surface area contributed by atoms with Crippen molar-refractivity contribution in [2.24, 2.45) is 0 Å². The van der Waals surface area contributed by atoms with E-state index in [1.54, 1.807) is 6.20 Å². The highest BCUT2D eigenvalue weighted by atomic mass is 32.1. The van der Waals surface area contributed by atoms with E-state index < -0.39 is 0 Å². The van der Waals surface area contributed by atoms with Crippen LogP contribution in [-0.4, -0.2) is 11.5 Å². The van der Waals surface area contributed by atoms with Crippen LogP contribution in [0.1, 0.15) is 19.8 Å². The van der Waals surface area contributed by atoms with Crippen LogP contribution in [0.15, 0.2) is 6.20 Å². The van der Waals surface area contributed by atoms with E-state index in [-0.39, 0.29) is 0 Å². The number of unbranched alkanes of at least 4 members (excludes halogenated alkanes) is 1. The van der Waals surface area contributed by atoms with Crippen molar-refractivity contribution in [3.63, 3.8) is 0 Å². The monoisotopic (exact) mass is 171 g/mol. The molecule has 0 atom stereocenters. The molecular formula is C7H13N3S. The van der Waals surface area contributed by atoms with Gasteiger partial charge in [-0.05, 0) is 6.42 Å². The average Bonchev–Trinajstić information content (AvgIpc) is 2.37. The molecule has 1 aromatic heterocycles. The molecule has 0 aliphatic heterocycles. The highest BCUT2D eigenvalue weighted by Gasteiger charge is 1.95. The summed E-state index contributed by atoms with van der Waals surface area (Å²) in [5.41, 5.74) is 5.50. The topological polar surface area (TPSA) is 50.9 Å². The van der Waals surface area contributed by atoms with Crippen molar-refractivity contribution in [1.82, 2.24) is 4.98 Å². The third kappa shape index (κ3) is 2.76. The second kappa shape index (κ2) is 4.18. The Labute approximate surface area is 70.6 Å². The smallest absolute Gasteiger partial charge is 0.184 e. The van der Waals surface area contributed by atoms with Gasteiger partial charge in [0, 0.05) is 6.54 Å². The second-order valence-corrected chi connectivity index (χ2v) is 3.41. The number of nitrogens with zero attached hydrogens (tertiary/aromatic N) is 1. The maximum absolute atomic E-state index is 5.50. The van der Waals surface area contributed by atoms with Crippen molar-refractivity contribution in [1.29, 1.82) is 0 Å². The van der Waals surface area contributed by atoms with Crippen molar-refractivity contribution < 1.29 is 0 Å². The second-order valence-electron chi connectivity index (χ2n) is 2.35. The van der Waals surface area contributed by atoms with E-state index in [1.165, 1.54) is 24.2 Å². The maximum atomic E-state index is 5.50. The lowest BCUT2D eigenvalue weighted by Crippen LogP contribution is -1.99. The van der Waals surface area contributed by atoms with Gasteiger partial charge in [-0.15, -0.1) is 0 Å². The number of hydrogen-bond donors (Lipinski definition) is 2. The Morgan fingerprint density at radius 3 is 3.09 bits per heavy atom. The Morgan fingerprint density at radius 1 is 1.73 bits per heavy atom. The molecule has 0 fully saturated rings. The van der Waals surface area contributed by atoms with Gasteiger partial charge in [-0.3, -0.25) is 0 Å². The minimum Gasteiger partial charge on any atom is -0.389 e. The zero-order valence-electron chi connectivity index (χ0n) is 6.63. The summed E-state index contributed by atoms with van der Waals surface area (Å²) in [6.45, 7) is 3.15. The molecule has 0 spiro atoms. The summed E-state index contributed by atoms with van der Waals surface area (Å²) >= 11 is 1.49. The fourth-order valence-electron chi connectivity index (χ4n) is 0.740. The van der Waals surface area contributed by atoms with Crippen LogP contribution in [0, 0.1) is 0 Å². The first-order valence-corrected chi connectivity index (χ1v) is 4.59. The number of nitrogen functional groups attached to an aromatic ring is 1. The zero-order valence-corrected chi connectivity index (χ0v) is 7.45. The summed E-state index contributed by atoms with van der Waals surface area (Å²) in [5.74, 6) is 0. The van der Waals surface area contributed by atoms with E-state index >= 15 is 0 Å². The number of nitrogens with two attached hydrogens (primary N) is 1. The molecular weight excluding hydrogens is 158 g/mol. The molecule has 62 valence electrons. The van der Waals surface area contributed by atoms with Crippen LogP contribution in [0.25, 0.3) is 0 Å². The van der Waals surface area contributed by atoms with Gasteiger partial charge in [0.2, 0.25) is 0 Å². The third-order valence-corrected chi connectivity index (χ3v) is 2.11. The first-order valence-electron chi connectivity index (χ1n) is 3.78. The van der Waals surface area contributed by atoms with Crippen molar-refractivity contribution in [2.45, 2.75) is 19.8 Å². The van der Waals surface area contributed by atoms with E-state index in [2.05, 4.69) is 17.2 Å². The highest BCUT2D eigenvalue weighted by molar-refractivity contribution is 7.19. The van der Waals surface area contributed by atoms with E-state index in [0.717, 1.165) is 16.7 Å². The molecule has 0 unspecified atom stereocenters. The fourth-order valence-corrected chi connectivity index (χ4v) is 1.35. The first kappa shape index (κ1) is 8.33. The lowest BCUT2D eigenvalue weighted by molar-refractivity contribution is 0.833. The molecule has 3 N–H and O–H groups in total. The number of anilines is 2. The Kier molecular flexibility index (Phi) is 3.16. The van der Waals surface area contributed by atoms with Crippen LogP contribution in [0.2, 0.25) is 0 Å². The lowest BCUT2D eigenvalue weighted by Gasteiger charge is -1.98. The van der Waals surface area contributed by atoms with Crippen LogP contribution in [0.4, 0.5) is 10.1 Å². The molecule has 11 heavy (non-hydrogen) atoms. The molecule has 0 amide bonds. The van der Waals surface area contributed by atoms with E-state index in [9.17, 15) is 0 Å². The van der Waals surface area contributed by atoms with Crippen LogP contribution in [0.3, 0.4) is 0 Å². The summed E-state index contributed by atoms with van der Waals surface area (Å²) in [5, 5.41) is 4.89. The number of rotatable bonds is 4. The van der Waals surface area contributed by atoms with Crippen LogP contribution in [-0.2, 0) is 0 Å². The summed E-state index contributed by atoms with van der Waals surface area (Å²) < 4.78 is 0. The van der Waals surface area contributed by atoms with E-state index in [1.807, 2.05) is 0 Å². The number of hydrogen-bond acceptors (Lipinski definition) is 4. The average molecular weight is 171 g/mol. The third-order valence-electron chi connectivity index (χ3n) is 1.33. The molecule has 3 nitrogen and oxygen atoms in total. The van der Waals surface area contributed by atoms with Crippen LogP contribution in [0.5, 0.6) is 0 Å². The summed E-state index contributed by atoms with van der Waals surface area (Å²) in [6, 6.07) is 0. The molecule has 0 saturated heterocycles. The SMILES string of the molecule is CCCCNc1ncc(N)s1. The molecule has 0 aromatic carbocycles. The minimum absolute atomic E-state index is 0.768. The lowest BCUT2D eigenvalue weighted by atomic mass is 10.3. The normalized spacial score (nSPS) is 9.91. The predicted octanol–water partition coefficient (Wildman–Crippen LogP) is 1.94. The molecule has 0 aliphatic rings. The van der Waals surface area contributed by atoms with Gasteiger partial charge in [0.1, 0.15) is 5.00 Å². The van der Waals surface area contributed by atoms with E-state index in [4.69, 9.17) is 5.73 Å². The largest absolute Gasteiger partial charge is 0.389 e. The number of aromatic nitrogens is 1. The predicted molar refractivity (Wildman–Crippen MR) is 49.9 cm³/mol. The van der Waals surface area contributed by atoms with Gasteiger partial charge >= 0.3 is 0 Å². The van der Waals surface area contributed by atoms with Crippen molar-refractivity contribution in [2.75, 3.05) is 17.6 Å². The van der Waals surface area contributed by atoms with Gasteiger partial charge in [-0.2, -0.15) is 0 Å².